The monoisotopic (exact) mass is 420 g/mol. The van der Waals surface area contributed by atoms with Gasteiger partial charge < -0.3 is 40.5 Å². The highest BCUT2D eigenvalue weighted by Crippen LogP contribution is 2.49. The zero-order valence-corrected chi connectivity index (χ0v) is 15.9. The van der Waals surface area contributed by atoms with Gasteiger partial charge in [0.2, 0.25) is 0 Å². The topological polar surface area (TPSA) is 168 Å². The molecule has 0 aromatic heterocycles. The second-order valence-electron chi connectivity index (χ2n) is 7.89. The molecule has 2 aliphatic carbocycles. The van der Waals surface area contributed by atoms with E-state index in [4.69, 9.17) is 4.74 Å². The number of hydrogen-bond donors (Lipinski definition) is 7. The van der Waals surface area contributed by atoms with E-state index in [9.17, 15) is 40.5 Å². The second-order valence-corrected chi connectivity index (χ2v) is 7.89. The van der Waals surface area contributed by atoms with E-state index in [1.54, 1.807) is 6.07 Å². The van der Waals surface area contributed by atoms with E-state index < -0.39 is 67.5 Å². The number of ketones is 1. The standard InChI is InChI=1S/C21H24O9/c22-6-8-4-10-14(21-20(29)19(28)17(26)13(7-23)30-21)9-2-1-3-11(24)15(9)18(27)16(10)12(25)5-8/h1-5,12-14,16-17,19-26,28-29H,6-7H2/t12?,13-,14?,16?,17-,19+,20-,21+/m1/s1. The molecule has 0 spiro atoms. The third-order valence-corrected chi connectivity index (χ3v) is 6.18. The van der Waals surface area contributed by atoms with Crippen LogP contribution in [-0.4, -0.2) is 91.4 Å². The number of carbonyl (C=O) groups is 1. The zero-order valence-electron chi connectivity index (χ0n) is 15.9. The largest absolute Gasteiger partial charge is 0.507 e. The number of phenolic OH excluding ortho intramolecular Hbond substituents is 1. The maximum Gasteiger partial charge on any atom is 0.176 e. The average molecular weight is 420 g/mol. The summed E-state index contributed by atoms with van der Waals surface area (Å²) in [6.45, 7) is -1.01. The first kappa shape index (κ1) is 21.1. The van der Waals surface area contributed by atoms with Crippen molar-refractivity contribution < 1.29 is 45.3 Å². The minimum Gasteiger partial charge on any atom is -0.507 e. The van der Waals surface area contributed by atoms with Crippen LogP contribution in [0.4, 0.5) is 0 Å². The Labute approximate surface area is 171 Å². The van der Waals surface area contributed by atoms with E-state index in [0.717, 1.165) is 0 Å². The highest BCUT2D eigenvalue weighted by Gasteiger charge is 2.53. The number of aliphatic hydroxyl groups is 6. The summed E-state index contributed by atoms with van der Waals surface area (Å²) in [6, 6.07) is 4.42. The molecule has 3 aliphatic rings. The van der Waals surface area contributed by atoms with Crippen molar-refractivity contribution in [1.82, 2.24) is 0 Å². The van der Waals surface area contributed by atoms with Gasteiger partial charge in [0.1, 0.15) is 30.2 Å². The highest BCUT2D eigenvalue weighted by molar-refractivity contribution is 6.06. The van der Waals surface area contributed by atoms with Crippen molar-refractivity contribution in [2.24, 2.45) is 5.92 Å². The summed E-state index contributed by atoms with van der Waals surface area (Å²) in [5.41, 5.74) is 1.00. The molecular weight excluding hydrogens is 396 g/mol. The lowest BCUT2D eigenvalue weighted by atomic mass is 9.64. The second kappa shape index (κ2) is 7.86. The summed E-state index contributed by atoms with van der Waals surface area (Å²) >= 11 is 0. The Kier molecular flexibility index (Phi) is 5.54. The van der Waals surface area contributed by atoms with Crippen LogP contribution in [0.3, 0.4) is 0 Å². The van der Waals surface area contributed by atoms with Crippen LogP contribution in [0.2, 0.25) is 0 Å². The summed E-state index contributed by atoms with van der Waals surface area (Å²) < 4.78 is 5.75. The van der Waals surface area contributed by atoms with E-state index in [1.807, 2.05) is 0 Å². The number of fused-ring (bicyclic) bond motifs is 2. The maximum absolute atomic E-state index is 13.1. The number of ether oxygens (including phenoxy) is 1. The molecular formula is C21H24O9. The number of phenols is 1. The Balaban J connectivity index is 1.91. The fourth-order valence-electron chi connectivity index (χ4n) is 4.75. The van der Waals surface area contributed by atoms with Gasteiger partial charge in [0.25, 0.3) is 0 Å². The van der Waals surface area contributed by atoms with E-state index in [-0.39, 0.29) is 11.3 Å². The number of carbonyl (C=O) groups excluding carboxylic acids is 1. The first-order valence-corrected chi connectivity index (χ1v) is 9.67. The smallest absolute Gasteiger partial charge is 0.176 e. The van der Waals surface area contributed by atoms with Gasteiger partial charge in [-0.1, -0.05) is 18.2 Å². The van der Waals surface area contributed by atoms with Crippen LogP contribution in [0.15, 0.2) is 41.5 Å². The van der Waals surface area contributed by atoms with E-state index in [0.29, 0.717) is 16.7 Å². The summed E-state index contributed by atoms with van der Waals surface area (Å²) in [4.78, 5) is 13.1. The molecule has 1 aromatic carbocycles. The average Bonchev–Trinajstić information content (AvgIpc) is 2.73. The Morgan fingerprint density at radius 2 is 1.70 bits per heavy atom. The van der Waals surface area contributed by atoms with Gasteiger partial charge in [-0.05, 0) is 28.9 Å². The molecule has 1 saturated heterocycles. The molecule has 1 aromatic rings. The van der Waals surface area contributed by atoms with Crippen molar-refractivity contribution in [1.29, 1.82) is 0 Å². The number of rotatable bonds is 3. The van der Waals surface area contributed by atoms with Crippen LogP contribution in [-0.2, 0) is 4.74 Å². The van der Waals surface area contributed by atoms with Crippen molar-refractivity contribution in [3.63, 3.8) is 0 Å². The molecule has 1 aliphatic heterocycles. The third kappa shape index (κ3) is 3.10. The first-order valence-electron chi connectivity index (χ1n) is 9.67. The fraction of sp³-hybridized carbons (Fsp3) is 0.476. The molecule has 0 amide bonds. The molecule has 162 valence electrons. The van der Waals surface area contributed by atoms with Crippen LogP contribution < -0.4 is 0 Å². The Hall–Kier alpha value is -2.11. The van der Waals surface area contributed by atoms with Gasteiger partial charge in [-0.25, -0.2) is 0 Å². The molecule has 0 saturated carbocycles. The van der Waals surface area contributed by atoms with Crippen LogP contribution in [0, 0.1) is 5.92 Å². The van der Waals surface area contributed by atoms with E-state index >= 15 is 0 Å². The summed E-state index contributed by atoms with van der Waals surface area (Å²) in [7, 11) is 0. The van der Waals surface area contributed by atoms with Crippen molar-refractivity contribution in [3.8, 4) is 5.75 Å². The van der Waals surface area contributed by atoms with E-state index in [2.05, 4.69) is 0 Å². The molecule has 1 heterocycles. The molecule has 0 bridgehead atoms. The zero-order chi connectivity index (χ0) is 21.7. The lowest BCUT2D eigenvalue weighted by molar-refractivity contribution is -0.232. The molecule has 3 unspecified atom stereocenters. The Morgan fingerprint density at radius 3 is 2.37 bits per heavy atom. The molecule has 4 rings (SSSR count). The van der Waals surface area contributed by atoms with Crippen molar-refractivity contribution in [2.45, 2.75) is 42.5 Å². The summed E-state index contributed by atoms with van der Waals surface area (Å²) in [5, 5.41) is 71.2. The molecule has 7 N–H and O–H groups in total. The molecule has 1 fully saturated rings. The number of benzene rings is 1. The van der Waals surface area contributed by atoms with Crippen LogP contribution in [0.1, 0.15) is 21.8 Å². The lowest BCUT2D eigenvalue weighted by Crippen LogP contribution is -2.61. The predicted molar refractivity (Wildman–Crippen MR) is 102 cm³/mol. The molecule has 9 heteroatoms. The van der Waals surface area contributed by atoms with Gasteiger partial charge in [-0.3, -0.25) is 4.79 Å². The Bertz CT molecular complexity index is 906. The summed E-state index contributed by atoms with van der Waals surface area (Å²) in [6.07, 6.45) is -5.52. The fourth-order valence-corrected chi connectivity index (χ4v) is 4.75. The van der Waals surface area contributed by atoms with Crippen LogP contribution in [0.25, 0.3) is 0 Å². The number of Topliss-reactive ketones (excluding diaryl/α,β-unsaturated/α-hetero) is 1. The number of aromatic hydroxyl groups is 1. The highest BCUT2D eigenvalue weighted by atomic mass is 16.5. The lowest BCUT2D eigenvalue weighted by Gasteiger charge is -2.47. The van der Waals surface area contributed by atoms with Crippen LogP contribution >= 0.6 is 0 Å². The third-order valence-electron chi connectivity index (χ3n) is 6.18. The molecule has 0 radical (unpaired) electrons. The number of hydrogen-bond acceptors (Lipinski definition) is 9. The normalized spacial score (nSPS) is 38.4. The van der Waals surface area contributed by atoms with Gasteiger partial charge in [-0.2, -0.15) is 0 Å². The van der Waals surface area contributed by atoms with Gasteiger partial charge >= 0.3 is 0 Å². The quantitative estimate of drug-likeness (QED) is 0.303. The minimum atomic E-state index is -1.63. The SMILES string of the molecule is O=C1c2c(O)cccc2C([C@@H]2O[C@H](CO)[C@@H](O)[C@H](O)[C@H]2O)C2=CC(CO)=CC(O)C12. The van der Waals surface area contributed by atoms with Gasteiger partial charge in [0.05, 0.1) is 36.9 Å². The van der Waals surface area contributed by atoms with Gasteiger partial charge in [0, 0.05) is 5.92 Å². The molecule has 8 atom stereocenters. The van der Waals surface area contributed by atoms with Gasteiger partial charge in [-0.15, -0.1) is 0 Å². The molecule has 9 nitrogen and oxygen atoms in total. The molecule has 30 heavy (non-hydrogen) atoms. The first-order chi connectivity index (χ1) is 14.3. The van der Waals surface area contributed by atoms with Gasteiger partial charge in [0.15, 0.2) is 5.78 Å². The van der Waals surface area contributed by atoms with Crippen molar-refractivity contribution >= 4 is 5.78 Å². The minimum absolute atomic E-state index is 0.0264. The maximum atomic E-state index is 13.1. The van der Waals surface area contributed by atoms with Crippen LogP contribution in [0.5, 0.6) is 5.75 Å². The predicted octanol–water partition coefficient (Wildman–Crippen LogP) is -1.65. The van der Waals surface area contributed by atoms with Crippen molar-refractivity contribution in [3.05, 3.63) is 52.6 Å². The van der Waals surface area contributed by atoms with E-state index in [1.165, 1.54) is 24.3 Å². The van der Waals surface area contributed by atoms with Crippen molar-refractivity contribution in [2.75, 3.05) is 13.2 Å². The summed E-state index contributed by atoms with van der Waals surface area (Å²) in [5.74, 6) is -2.80. The number of aliphatic hydroxyl groups excluding tert-OH is 6. The Morgan fingerprint density at radius 1 is 0.967 bits per heavy atom.